The predicted molar refractivity (Wildman–Crippen MR) is 109 cm³/mol. The number of para-hydroxylation sites is 3. The van der Waals surface area contributed by atoms with Gasteiger partial charge in [-0.25, -0.2) is 9.78 Å². The molecular weight excluding hydrogens is 362 g/mol. The van der Waals surface area contributed by atoms with Crippen molar-refractivity contribution in [1.82, 2.24) is 4.98 Å². The Morgan fingerprint density at radius 1 is 1.11 bits per heavy atom. The van der Waals surface area contributed by atoms with Crippen LogP contribution in [0.5, 0.6) is 5.75 Å². The maximum Gasteiger partial charge on any atom is 0.345 e. The van der Waals surface area contributed by atoms with Crippen LogP contribution in [0.1, 0.15) is 0 Å². The van der Waals surface area contributed by atoms with Gasteiger partial charge in [-0.2, -0.15) is 0 Å². The lowest BCUT2D eigenvalue weighted by molar-refractivity contribution is 0.417. The zero-order valence-electron chi connectivity index (χ0n) is 14.8. The van der Waals surface area contributed by atoms with Crippen LogP contribution in [0.3, 0.4) is 0 Å². The molecule has 0 amide bonds. The van der Waals surface area contributed by atoms with Crippen molar-refractivity contribution >= 4 is 38.8 Å². The third-order valence-electron chi connectivity index (χ3n) is 4.16. The minimum absolute atomic E-state index is 0.417. The molecule has 0 radical (unpaired) electrons. The van der Waals surface area contributed by atoms with Gasteiger partial charge in [-0.1, -0.05) is 24.3 Å². The van der Waals surface area contributed by atoms with Gasteiger partial charge in [-0.05, 0) is 24.3 Å². The number of fused-ring (bicyclic) bond motifs is 1. The first-order valence-electron chi connectivity index (χ1n) is 8.30. The van der Waals surface area contributed by atoms with Gasteiger partial charge in [0.05, 0.1) is 29.7 Å². The molecular formula is C20H17N3O3S. The lowest BCUT2D eigenvalue weighted by Gasteiger charge is -2.08. The van der Waals surface area contributed by atoms with E-state index in [1.165, 1.54) is 11.3 Å². The van der Waals surface area contributed by atoms with E-state index in [9.17, 15) is 4.79 Å². The van der Waals surface area contributed by atoms with Crippen LogP contribution in [0.25, 0.3) is 22.2 Å². The van der Waals surface area contributed by atoms with E-state index in [-0.39, 0.29) is 0 Å². The van der Waals surface area contributed by atoms with Crippen LogP contribution in [0, 0.1) is 0 Å². The summed E-state index contributed by atoms with van der Waals surface area (Å²) in [7, 11) is 3.41. The number of benzene rings is 2. The van der Waals surface area contributed by atoms with Gasteiger partial charge in [0, 0.05) is 17.8 Å². The van der Waals surface area contributed by atoms with Gasteiger partial charge in [0.25, 0.3) is 0 Å². The summed E-state index contributed by atoms with van der Waals surface area (Å²) in [5.41, 5.74) is 2.71. The zero-order valence-corrected chi connectivity index (χ0v) is 15.6. The summed E-state index contributed by atoms with van der Waals surface area (Å²) in [6, 6.07) is 15.1. The van der Waals surface area contributed by atoms with E-state index in [4.69, 9.17) is 9.15 Å². The molecule has 27 heavy (non-hydrogen) atoms. The number of thiazole rings is 1. The summed E-state index contributed by atoms with van der Waals surface area (Å²) >= 11 is 1.41. The predicted octanol–water partition coefficient (Wildman–Crippen LogP) is 4.71. The Morgan fingerprint density at radius 3 is 2.74 bits per heavy atom. The van der Waals surface area contributed by atoms with Crippen molar-refractivity contribution in [3.8, 4) is 17.0 Å². The maximum absolute atomic E-state index is 12.5. The molecule has 4 aromatic rings. The van der Waals surface area contributed by atoms with Crippen molar-refractivity contribution in [2.24, 2.45) is 0 Å². The van der Waals surface area contributed by atoms with E-state index in [1.807, 2.05) is 53.9 Å². The fourth-order valence-electron chi connectivity index (χ4n) is 2.84. The number of aromatic nitrogens is 1. The van der Waals surface area contributed by atoms with Crippen molar-refractivity contribution in [2.45, 2.75) is 0 Å². The second-order valence-electron chi connectivity index (χ2n) is 5.78. The topological polar surface area (TPSA) is 76.4 Å². The summed E-state index contributed by atoms with van der Waals surface area (Å²) in [4.78, 5) is 17.0. The smallest absolute Gasteiger partial charge is 0.345 e. The highest BCUT2D eigenvalue weighted by molar-refractivity contribution is 7.14. The number of methoxy groups -OCH3 is 1. The molecule has 136 valence electrons. The van der Waals surface area contributed by atoms with Gasteiger partial charge in [-0.15, -0.1) is 11.3 Å². The molecule has 0 fully saturated rings. The summed E-state index contributed by atoms with van der Waals surface area (Å²) in [5, 5.41) is 9.59. The number of nitrogens with zero attached hydrogens (tertiary/aromatic N) is 1. The second-order valence-corrected chi connectivity index (χ2v) is 6.64. The molecule has 0 aliphatic heterocycles. The molecule has 2 aromatic heterocycles. The van der Waals surface area contributed by atoms with E-state index in [2.05, 4.69) is 15.6 Å². The number of hydrogen-bond donors (Lipinski definition) is 2. The van der Waals surface area contributed by atoms with Crippen LogP contribution < -0.4 is 21.0 Å². The van der Waals surface area contributed by atoms with Crippen LogP contribution >= 0.6 is 11.3 Å². The van der Waals surface area contributed by atoms with Crippen molar-refractivity contribution in [3.05, 3.63) is 64.3 Å². The first kappa shape index (κ1) is 17.1. The fraction of sp³-hybridized carbons (Fsp3) is 0.100. The third kappa shape index (κ3) is 3.24. The van der Waals surface area contributed by atoms with E-state index >= 15 is 0 Å². The Labute approximate surface area is 159 Å². The Balaban J connectivity index is 1.71. The monoisotopic (exact) mass is 379 g/mol. The van der Waals surface area contributed by atoms with E-state index in [0.717, 1.165) is 22.5 Å². The molecule has 0 spiro atoms. The summed E-state index contributed by atoms with van der Waals surface area (Å²) in [6.45, 7) is 0. The SMILES string of the molecule is CNc1cccc2cc(-c3csc(Nc4ccccc4OC)n3)c(=O)oc12. The minimum Gasteiger partial charge on any atom is -0.495 e. The van der Waals surface area contributed by atoms with Gasteiger partial charge < -0.3 is 19.8 Å². The molecule has 2 heterocycles. The van der Waals surface area contributed by atoms with Gasteiger partial charge in [0.1, 0.15) is 5.75 Å². The van der Waals surface area contributed by atoms with Crippen molar-refractivity contribution in [3.63, 3.8) is 0 Å². The average molecular weight is 379 g/mol. The normalized spacial score (nSPS) is 10.7. The largest absolute Gasteiger partial charge is 0.495 e. The van der Waals surface area contributed by atoms with Crippen molar-refractivity contribution < 1.29 is 9.15 Å². The van der Waals surface area contributed by atoms with E-state index < -0.39 is 5.63 Å². The molecule has 7 heteroatoms. The maximum atomic E-state index is 12.5. The molecule has 6 nitrogen and oxygen atoms in total. The molecule has 0 atom stereocenters. The summed E-state index contributed by atoms with van der Waals surface area (Å²) in [6.07, 6.45) is 0. The van der Waals surface area contributed by atoms with E-state index in [0.29, 0.717) is 22.0 Å². The summed E-state index contributed by atoms with van der Waals surface area (Å²) in [5.74, 6) is 0.721. The van der Waals surface area contributed by atoms with Crippen molar-refractivity contribution in [1.29, 1.82) is 0 Å². The van der Waals surface area contributed by atoms with Gasteiger partial charge in [0.2, 0.25) is 0 Å². The van der Waals surface area contributed by atoms with Crippen LogP contribution in [0.2, 0.25) is 0 Å². The standard InChI is InChI=1S/C20H17N3O3S/c1-21-15-8-5-6-12-10-13(19(24)26-18(12)15)16-11-27-20(23-16)22-14-7-3-4-9-17(14)25-2/h3-11,21H,1-2H3,(H,22,23). The first-order valence-corrected chi connectivity index (χ1v) is 9.18. The number of hydrogen-bond acceptors (Lipinski definition) is 7. The lowest BCUT2D eigenvalue weighted by Crippen LogP contribution is -2.04. The molecule has 0 aliphatic rings. The first-order chi connectivity index (χ1) is 13.2. The fourth-order valence-corrected chi connectivity index (χ4v) is 3.56. The van der Waals surface area contributed by atoms with Gasteiger partial charge in [0.15, 0.2) is 10.7 Å². The lowest BCUT2D eigenvalue weighted by atomic mass is 10.1. The molecule has 2 aromatic carbocycles. The highest BCUT2D eigenvalue weighted by atomic mass is 32.1. The van der Waals surface area contributed by atoms with Crippen LogP contribution in [-0.2, 0) is 0 Å². The molecule has 4 rings (SSSR count). The second kappa shape index (κ2) is 7.13. The zero-order chi connectivity index (χ0) is 18.8. The van der Waals surface area contributed by atoms with Crippen molar-refractivity contribution in [2.75, 3.05) is 24.8 Å². The van der Waals surface area contributed by atoms with Gasteiger partial charge >= 0.3 is 5.63 Å². The number of rotatable bonds is 5. The quantitative estimate of drug-likeness (QED) is 0.489. The summed E-state index contributed by atoms with van der Waals surface area (Å²) < 4.78 is 10.9. The Hall–Kier alpha value is -3.32. The minimum atomic E-state index is -0.417. The van der Waals surface area contributed by atoms with Crippen LogP contribution in [0.15, 0.2) is 63.1 Å². The molecule has 0 bridgehead atoms. The highest BCUT2D eigenvalue weighted by Crippen LogP contribution is 2.31. The molecule has 0 unspecified atom stereocenters. The Morgan fingerprint density at radius 2 is 1.93 bits per heavy atom. The molecule has 2 N–H and O–H groups in total. The third-order valence-corrected chi connectivity index (χ3v) is 4.92. The Kier molecular flexibility index (Phi) is 4.52. The average Bonchev–Trinajstić information content (AvgIpc) is 3.15. The number of ether oxygens (including phenoxy) is 1. The molecule has 0 saturated heterocycles. The molecule has 0 aliphatic carbocycles. The Bertz CT molecular complexity index is 1170. The molecule has 0 saturated carbocycles. The van der Waals surface area contributed by atoms with E-state index in [1.54, 1.807) is 14.2 Å². The highest BCUT2D eigenvalue weighted by Gasteiger charge is 2.14. The van der Waals surface area contributed by atoms with Gasteiger partial charge in [-0.3, -0.25) is 0 Å². The number of anilines is 3. The van der Waals surface area contributed by atoms with Crippen LogP contribution in [-0.4, -0.2) is 19.1 Å². The number of nitrogens with one attached hydrogen (secondary N) is 2. The van der Waals surface area contributed by atoms with Crippen LogP contribution in [0.4, 0.5) is 16.5 Å².